The second kappa shape index (κ2) is 15.6. The Morgan fingerprint density at radius 2 is 1.14 bits per heavy atom. The van der Waals surface area contributed by atoms with Gasteiger partial charge in [-0.15, -0.1) is 0 Å². The van der Waals surface area contributed by atoms with Crippen molar-refractivity contribution in [3.05, 3.63) is 89.1 Å². The first-order valence-corrected chi connectivity index (χ1v) is 20.1. The van der Waals surface area contributed by atoms with Crippen LogP contribution in [0.2, 0.25) is 0 Å². The summed E-state index contributed by atoms with van der Waals surface area (Å²) in [5.74, 6) is 2.82. The number of phenolic OH excluding ortho intramolecular Hbond substituents is 1. The van der Waals surface area contributed by atoms with E-state index in [0.29, 0.717) is 29.4 Å². The number of aromatic hydroxyl groups is 1. The van der Waals surface area contributed by atoms with Gasteiger partial charge in [-0.2, -0.15) is 0 Å². The van der Waals surface area contributed by atoms with Gasteiger partial charge in [0.2, 0.25) is 6.67 Å². The summed E-state index contributed by atoms with van der Waals surface area (Å²) in [5, 5.41) is 9.20. The van der Waals surface area contributed by atoms with Gasteiger partial charge in [-0.1, -0.05) is 91.8 Å². The van der Waals surface area contributed by atoms with Crippen molar-refractivity contribution in [2.75, 3.05) is 30.0 Å². The first-order valence-electron chi connectivity index (χ1n) is 14.6. The quantitative estimate of drug-likeness (QED) is 0.238. The number of ether oxygens (including phenoxy) is 1. The van der Waals surface area contributed by atoms with Crippen LogP contribution in [0, 0.1) is 6.67 Å². The van der Waals surface area contributed by atoms with E-state index in [2.05, 4.69) is 108 Å². The molecular weight excluding hydrogens is 652 g/mol. The predicted molar refractivity (Wildman–Crippen MR) is 179 cm³/mol. The number of methoxy groups -OCH3 is 1. The Hall–Kier alpha value is -2.07. The molecule has 7 heteroatoms. The number of benzene rings is 3. The average molecular weight is 699 g/mol. The van der Waals surface area contributed by atoms with Crippen LogP contribution in [-0.2, 0) is 13.5 Å². The fourth-order valence-electron chi connectivity index (χ4n) is 5.30. The normalized spacial score (nSPS) is 13.6. The third kappa shape index (κ3) is 8.52. The van der Waals surface area contributed by atoms with Crippen LogP contribution in [0.1, 0.15) is 107 Å². The summed E-state index contributed by atoms with van der Waals surface area (Å²) < 4.78 is 6.79. The van der Waals surface area contributed by atoms with E-state index < -0.39 is 13.5 Å². The third-order valence-corrected chi connectivity index (χ3v) is 9.25. The van der Waals surface area contributed by atoms with E-state index in [1.165, 1.54) is 33.6 Å². The molecule has 230 valence electrons. The summed E-state index contributed by atoms with van der Waals surface area (Å²) in [6.07, 6.45) is 0. The maximum absolute atomic E-state index is 9.20. The van der Waals surface area contributed by atoms with Crippen molar-refractivity contribution in [1.82, 2.24) is 0 Å². The van der Waals surface area contributed by atoms with Crippen molar-refractivity contribution >= 4 is 35.4 Å². The fraction of sp³-hybridized carbons (Fsp3) is 0.429. The number of halogens is 2. The molecule has 2 radical (unpaired) electrons. The summed E-state index contributed by atoms with van der Waals surface area (Å²) in [4.78, 5) is 4.76. The molecule has 0 aliphatic carbocycles. The van der Waals surface area contributed by atoms with Crippen molar-refractivity contribution in [1.29, 1.82) is 0 Å². The number of phenols is 1. The molecule has 3 aromatic carbocycles. The van der Waals surface area contributed by atoms with E-state index in [9.17, 15) is 5.11 Å². The summed E-state index contributed by atoms with van der Waals surface area (Å²) in [5.41, 5.74) is 9.17. The van der Waals surface area contributed by atoms with Crippen LogP contribution in [0.5, 0.6) is 11.5 Å². The molecule has 1 saturated heterocycles. The second-order valence-corrected chi connectivity index (χ2v) is 17.6. The molecule has 3 aromatic rings. The van der Waals surface area contributed by atoms with Gasteiger partial charge < -0.3 is 9.80 Å². The van der Waals surface area contributed by atoms with Crippen LogP contribution in [-0.4, -0.2) is 29.9 Å². The summed E-state index contributed by atoms with van der Waals surface area (Å²) in [6, 6.07) is 18.4. The number of hydrogen-bond acceptors (Lipinski definition) is 4. The number of hydrogen-bond donors (Lipinski definition) is 1. The Labute approximate surface area is 267 Å². The monoisotopic (exact) mass is 698 g/mol. The molecule has 1 heterocycles. The van der Waals surface area contributed by atoms with Crippen LogP contribution < -0.4 is 14.5 Å². The Morgan fingerprint density at radius 1 is 0.738 bits per heavy atom. The Balaban J connectivity index is 0.000000312. The van der Waals surface area contributed by atoms with Crippen LogP contribution in [0.4, 0.5) is 11.4 Å². The van der Waals surface area contributed by atoms with Crippen molar-refractivity contribution in [2.24, 2.45) is 0 Å². The first kappa shape index (κ1) is 34.4. The van der Waals surface area contributed by atoms with Crippen molar-refractivity contribution in [2.45, 2.75) is 79.1 Å². The van der Waals surface area contributed by atoms with E-state index in [0.717, 1.165) is 18.7 Å². The summed E-state index contributed by atoms with van der Waals surface area (Å²) in [6.45, 7) is 24.1. The van der Waals surface area contributed by atoms with E-state index in [-0.39, 0.29) is 5.75 Å². The standard InChI is InChI=1S/C27H38N2.C8H8O2.2ClH.Ru/c1-18(2)22-11-9-12-23(19(3)4)26(22)28-15-16-29(17-28)27-24(20(5)6)13-10-14-25(27)21(7)8;1-6-5-7(9)3-4-8(6)10-2;;;/h9-14,18-21H,15-16H2,1-8H3;1,3-5,9H,2H3;2*1H;/q;;;;+2/p-2. The van der Waals surface area contributed by atoms with Gasteiger partial charge in [-0.3, -0.25) is 0 Å². The number of rotatable bonds is 8. The van der Waals surface area contributed by atoms with Gasteiger partial charge in [0.1, 0.15) is 0 Å². The molecule has 0 amide bonds. The molecule has 0 aromatic heterocycles. The average Bonchev–Trinajstić information content (AvgIpc) is 3.42. The van der Waals surface area contributed by atoms with Crippen LogP contribution in [0.25, 0.3) is 0 Å². The molecule has 0 saturated carbocycles. The van der Waals surface area contributed by atoms with Crippen molar-refractivity contribution in [3.8, 4) is 11.5 Å². The fourth-order valence-corrected chi connectivity index (χ4v) is 7.09. The molecule has 1 N–H and O–H groups in total. The number of nitrogens with zero attached hydrogens (tertiary/aromatic N) is 2. The van der Waals surface area contributed by atoms with Gasteiger partial charge in [0, 0.05) is 24.5 Å². The van der Waals surface area contributed by atoms with Gasteiger partial charge >= 0.3 is 89.7 Å². The molecule has 4 nitrogen and oxygen atoms in total. The summed E-state index contributed by atoms with van der Waals surface area (Å²) in [7, 11) is 13.0. The predicted octanol–water partition coefficient (Wildman–Crippen LogP) is 9.98. The van der Waals surface area contributed by atoms with Gasteiger partial charge in [-0.25, -0.2) is 0 Å². The molecule has 42 heavy (non-hydrogen) atoms. The van der Waals surface area contributed by atoms with Gasteiger partial charge in [-0.05, 0) is 45.9 Å². The SMILES string of the molecule is CC(C)c1cccc(C(C)C)c1N1[C]N(c2c(C(C)C)cccc2C(C)C)CC1.COc1ccc(O)cc1[CH]=[Ru]([Cl])[Cl]. The van der Waals surface area contributed by atoms with E-state index >= 15 is 0 Å². The molecule has 0 atom stereocenters. The van der Waals surface area contributed by atoms with E-state index in [1.807, 2.05) is 0 Å². The van der Waals surface area contributed by atoms with Gasteiger partial charge in [0.15, 0.2) is 0 Å². The van der Waals surface area contributed by atoms with Crippen LogP contribution >= 0.6 is 19.4 Å². The first-order chi connectivity index (χ1) is 19.8. The molecular formula is C35H46Cl2N2O2Ru. The zero-order valence-electron chi connectivity index (χ0n) is 26.4. The molecule has 1 aliphatic rings. The van der Waals surface area contributed by atoms with Crippen LogP contribution in [0.3, 0.4) is 0 Å². The number of anilines is 2. The molecule has 0 bridgehead atoms. The van der Waals surface area contributed by atoms with E-state index in [1.54, 1.807) is 29.9 Å². The Kier molecular flexibility index (Phi) is 12.8. The van der Waals surface area contributed by atoms with Gasteiger partial charge in [0.25, 0.3) is 0 Å². The molecule has 0 unspecified atom stereocenters. The molecule has 1 aliphatic heterocycles. The molecule has 4 rings (SSSR count). The minimum absolute atomic E-state index is 0.177. The minimum atomic E-state index is -1.87. The zero-order chi connectivity index (χ0) is 31.1. The zero-order valence-corrected chi connectivity index (χ0v) is 29.6. The Bertz CT molecular complexity index is 1250. The number of para-hydroxylation sites is 2. The summed E-state index contributed by atoms with van der Waals surface area (Å²) >= 11 is -1.87. The van der Waals surface area contributed by atoms with Crippen molar-refractivity contribution in [3.63, 3.8) is 0 Å². The second-order valence-electron chi connectivity index (χ2n) is 11.8. The maximum atomic E-state index is 9.20. The van der Waals surface area contributed by atoms with Gasteiger partial charge in [0.05, 0.1) is 0 Å². The topological polar surface area (TPSA) is 35.9 Å². The third-order valence-electron chi connectivity index (χ3n) is 7.41. The molecule has 1 fully saturated rings. The Morgan fingerprint density at radius 3 is 1.48 bits per heavy atom. The van der Waals surface area contributed by atoms with Crippen LogP contribution in [0.15, 0.2) is 54.6 Å². The van der Waals surface area contributed by atoms with E-state index in [4.69, 9.17) is 24.1 Å². The molecule has 0 spiro atoms. The van der Waals surface area contributed by atoms with Crippen molar-refractivity contribution < 1.29 is 23.4 Å².